The number of ether oxygens (including phenoxy) is 2. The van der Waals surface area contributed by atoms with E-state index in [4.69, 9.17) is 9.47 Å². The number of carbonyl (C=O) groups is 3. The average molecular weight is 306 g/mol. The molecule has 2 atom stereocenters. The Hall–Kier alpha value is -2.17. The van der Waals surface area contributed by atoms with Crippen LogP contribution in [0, 0.1) is 5.92 Å². The Kier molecular flexibility index (Phi) is 6.28. The molecule has 120 valence electrons. The lowest BCUT2D eigenvalue weighted by Gasteiger charge is -2.19. The predicted molar refractivity (Wildman–Crippen MR) is 82.0 cm³/mol. The molecule has 0 bridgehead atoms. The first kappa shape index (κ1) is 17.9. The summed E-state index contributed by atoms with van der Waals surface area (Å²) in [4.78, 5) is 34.5. The molecule has 0 unspecified atom stereocenters. The van der Waals surface area contributed by atoms with Crippen LogP contribution in [-0.2, 0) is 23.9 Å². The molecule has 1 aliphatic heterocycles. The van der Waals surface area contributed by atoms with E-state index < -0.39 is 24.0 Å². The maximum absolute atomic E-state index is 11.8. The predicted octanol–water partition coefficient (Wildman–Crippen LogP) is 2.52. The Bertz CT molecular complexity index is 549. The van der Waals surface area contributed by atoms with Crippen molar-refractivity contribution in [3.8, 4) is 0 Å². The first-order chi connectivity index (χ1) is 10.2. The number of hydrogen-bond acceptors (Lipinski definition) is 5. The zero-order chi connectivity index (χ0) is 16.9. The van der Waals surface area contributed by atoms with E-state index in [0.717, 1.165) is 11.1 Å². The fourth-order valence-corrected chi connectivity index (χ4v) is 2.21. The third kappa shape index (κ3) is 5.31. The van der Waals surface area contributed by atoms with Gasteiger partial charge in [-0.3, -0.25) is 9.59 Å². The number of hydrogen-bond donors (Lipinski definition) is 0. The molecule has 0 spiro atoms. The molecule has 0 amide bonds. The van der Waals surface area contributed by atoms with Crippen LogP contribution in [-0.4, -0.2) is 30.4 Å². The Morgan fingerprint density at radius 2 is 2.00 bits per heavy atom. The maximum atomic E-state index is 11.8. The van der Waals surface area contributed by atoms with Crippen LogP contribution in [0.5, 0.6) is 0 Å². The fraction of sp³-hybridized carbons (Fsp3) is 0.471. The number of rotatable bonds is 6. The normalized spacial score (nSPS) is 19.5. The molecule has 5 nitrogen and oxygen atoms in total. The molecule has 1 fully saturated rings. The van der Waals surface area contributed by atoms with Gasteiger partial charge in [0.2, 0.25) is 0 Å². The van der Waals surface area contributed by atoms with Crippen LogP contribution < -0.4 is 0 Å². The number of cyclic esters (lactones) is 1. The minimum Gasteiger partial charge on any atom is -0.462 e. The molecular weight excluding hydrogens is 284 g/mol. The van der Waals surface area contributed by atoms with Crippen molar-refractivity contribution in [1.82, 2.24) is 0 Å². The molecule has 0 radical (unpaired) electrons. The molecule has 0 N–H and O–H groups in total. The van der Waals surface area contributed by atoms with Crippen LogP contribution in [0.15, 0.2) is 35.5 Å². The summed E-state index contributed by atoms with van der Waals surface area (Å²) in [5.74, 6) is -1.37. The first-order valence-electron chi connectivity index (χ1n) is 7.09. The van der Waals surface area contributed by atoms with Gasteiger partial charge >= 0.3 is 11.9 Å². The van der Waals surface area contributed by atoms with Gasteiger partial charge in [-0.15, -0.1) is 0 Å². The van der Waals surface area contributed by atoms with Crippen LogP contribution in [0.1, 0.15) is 34.1 Å². The van der Waals surface area contributed by atoms with Gasteiger partial charge in [0, 0.05) is 18.9 Å². The van der Waals surface area contributed by atoms with Crippen LogP contribution in [0.25, 0.3) is 0 Å². The Morgan fingerprint density at radius 1 is 1.36 bits per heavy atom. The highest BCUT2D eigenvalue weighted by molar-refractivity contribution is 5.92. The van der Waals surface area contributed by atoms with E-state index >= 15 is 0 Å². The van der Waals surface area contributed by atoms with E-state index in [1.54, 1.807) is 19.1 Å². The highest BCUT2D eigenvalue weighted by Crippen LogP contribution is 2.27. The van der Waals surface area contributed by atoms with Crippen molar-refractivity contribution in [2.75, 3.05) is 6.61 Å². The maximum Gasteiger partial charge on any atom is 0.333 e. The van der Waals surface area contributed by atoms with Crippen LogP contribution in [0.4, 0.5) is 0 Å². The molecule has 1 heterocycles. The summed E-state index contributed by atoms with van der Waals surface area (Å²) in [7, 11) is 0. The molecule has 1 saturated heterocycles. The van der Waals surface area contributed by atoms with Crippen molar-refractivity contribution < 1.29 is 23.9 Å². The molecule has 0 saturated carbocycles. The molecule has 0 aliphatic carbocycles. The molecule has 0 aromatic carbocycles. The van der Waals surface area contributed by atoms with Gasteiger partial charge in [0.1, 0.15) is 12.7 Å². The summed E-state index contributed by atoms with van der Waals surface area (Å²) in [6, 6.07) is 0. The highest BCUT2D eigenvalue weighted by Gasteiger charge is 2.36. The quantitative estimate of drug-likeness (QED) is 0.428. The van der Waals surface area contributed by atoms with Crippen LogP contribution >= 0.6 is 0 Å². The van der Waals surface area contributed by atoms with Gasteiger partial charge in [-0.25, -0.2) is 4.79 Å². The standard InChI is InChI=1S/C17H22O5/c1-10(2)6-14(19)7-11(3)8-16(22-13(5)18)15-9-21-17(20)12(15)4/h6,8,15-16H,4,7,9H2,1-3,5H3/t15-,16-/m1/s1. The summed E-state index contributed by atoms with van der Waals surface area (Å²) in [6.45, 7) is 10.6. The number of carbonyl (C=O) groups excluding carboxylic acids is 3. The fourth-order valence-electron chi connectivity index (χ4n) is 2.21. The van der Waals surface area contributed by atoms with Crippen molar-refractivity contribution in [3.63, 3.8) is 0 Å². The van der Waals surface area contributed by atoms with Crippen LogP contribution in [0.3, 0.4) is 0 Å². The van der Waals surface area contributed by atoms with E-state index in [-0.39, 0.29) is 24.4 Å². The van der Waals surface area contributed by atoms with E-state index in [2.05, 4.69) is 6.58 Å². The smallest absolute Gasteiger partial charge is 0.333 e. The lowest BCUT2D eigenvalue weighted by Crippen LogP contribution is -2.26. The number of ketones is 1. The van der Waals surface area contributed by atoms with Gasteiger partial charge in [0.25, 0.3) is 0 Å². The SMILES string of the molecule is C=C1C(=O)OC[C@H]1[C@@H](C=C(C)CC(=O)C=C(C)C)OC(C)=O. The summed E-state index contributed by atoms with van der Waals surface area (Å²) < 4.78 is 10.2. The molecule has 1 rings (SSSR count). The molecule has 0 aromatic rings. The van der Waals surface area contributed by atoms with Crippen molar-refractivity contribution in [2.24, 2.45) is 5.92 Å². The minimum absolute atomic E-state index is 0.0205. The average Bonchev–Trinajstić information content (AvgIpc) is 2.67. The lowest BCUT2D eigenvalue weighted by molar-refractivity contribution is -0.145. The van der Waals surface area contributed by atoms with Gasteiger partial charge < -0.3 is 9.47 Å². The summed E-state index contributed by atoms with van der Waals surface area (Å²) in [5, 5.41) is 0. The van der Waals surface area contributed by atoms with E-state index in [1.165, 1.54) is 6.92 Å². The summed E-state index contributed by atoms with van der Waals surface area (Å²) in [6.07, 6.45) is 2.84. The van der Waals surface area contributed by atoms with Crippen molar-refractivity contribution in [3.05, 3.63) is 35.5 Å². The second-order valence-electron chi connectivity index (χ2n) is 5.68. The van der Waals surface area contributed by atoms with Gasteiger partial charge in [0.05, 0.1) is 5.92 Å². The van der Waals surface area contributed by atoms with Gasteiger partial charge in [-0.1, -0.05) is 17.7 Å². The third-order valence-corrected chi connectivity index (χ3v) is 3.15. The lowest BCUT2D eigenvalue weighted by atomic mass is 9.94. The molecule has 0 aromatic heterocycles. The second-order valence-corrected chi connectivity index (χ2v) is 5.68. The number of allylic oxidation sites excluding steroid dienone is 3. The minimum atomic E-state index is -0.657. The van der Waals surface area contributed by atoms with Crippen LogP contribution in [0.2, 0.25) is 0 Å². The topological polar surface area (TPSA) is 69.7 Å². The summed E-state index contributed by atoms with van der Waals surface area (Å²) in [5.41, 5.74) is 1.98. The first-order valence-corrected chi connectivity index (χ1v) is 7.09. The molecule has 22 heavy (non-hydrogen) atoms. The highest BCUT2D eigenvalue weighted by atomic mass is 16.6. The second kappa shape index (κ2) is 7.73. The van der Waals surface area contributed by atoms with Gasteiger partial charge in [0.15, 0.2) is 5.78 Å². The van der Waals surface area contributed by atoms with E-state index in [0.29, 0.717) is 0 Å². The Balaban J connectivity index is 2.88. The third-order valence-electron chi connectivity index (χ3n) is 3.15. The zero-order valence-electron chi connectivity index (χ0n) is 13.5. The Morgan fingerprint density at radius 3 is 2.45 bits per heavy atom. The molecular formula is C17H22O5. The van der Waals surface area contributed by atoms with Crippen molar-refractivity contribution in [1.29, 1.82) is 0 Å². The largest absolute Gasteiger partial charge is 0.462 e. The van der Waals surface area contributed by atoms with Gasteiger partial charge in [-0.2, -0.15) is 0 Å². The monoisotopic (exact) mass is 306 g/mol. The molecule has 1 aliphatic rings. The Labute approximate surface area is 130 Å². The summed E-state index contributed by atoms with van der Waals surface area (Å²) >= 11 is 0. The van der Waals surface area contributed by atoms with Crippen molar-refractivity contribution in [2.45, 2.75) is 40.2 Å². The zero-order valence-corrected chi connectivity index (χ0v) is 13.5. The molecule has 5 heteroatoms. The van der Waals surface area contributed by atoms with E-state index in [9.17, 15) is 14.4 Å². The van der Waals surface area contributed by atoms with Crippen molar-refractivity contribution >= 4 is 17.7 Å². The van der Waals surface area contributed by atoms with Gasteiger partial charge in [-0.05, 0) is 32.9 Å². The number of esters is 2. The van der Waals surface area contributed by atoms with E-state index in [1.807, 2.05) is 13.8 Å².